The Morgan fingerprint density at radius 2 is 0.943 bits per heavy atom. The third-order valence-electron chi connectivity index (χ3n) is 4.69. The summed E-state index contributed by atoms with van der Waals surface area (Å²) in [5.41, 5.74) is 2.04. The smallest absolute Gasteiger partial charge is 0.119 e. The first-order valence-electron chi connectivity index (χ1n) is 12.1. The first-order valence-corrected chi connectivity index (χ1v) is 12.1. The monoisotopic (exact) mass is 486 g/mol. The zero-order valence-corrected chi connectivity index (χ0v) is 20.4. The number of aliphatic hydroxyl groups excluding tert-OH is 2. The van der Waals surface area contributed by atoms with E-state index in [1.165, 1.54) is 0 Å². The first-order chi connectivity index (χ1) is 17.3. The van der Waals surface area contributed by atoms with Crippen molar-refractivity contribution >= 4 is 12.4 Å². The van der Waals surface area contributed by atoms with Crippen molar-refractivity contribution in [2.45, 2.75) is 19.3 Å². The van der Waals surface area contributed by atoms with Gasteiger partial charge in [0, 0.05) is 51.9 Å². The molecule has 35 heavy (non-hydrogen) atoms. The van der Waals surface area contributed by atoms with Crippen LogP contribution in [-0.4, -0.2) is 88.6 Å². The first kappa shape index (κ1) is 28.5. The van der Waals surface area contributed by atoms with E-state index < -0.39 is 0 Å². The van der Waals surface area contributed by atoms with Crippen LogP contribution in [0, 0.1) is 0 Å². The van der Waals surface area contributed by atoms with E-state index in [0.717, 1.165) is 55.0 Å². The number of rotatable bonds is 20. The second kappa shape index (κ2) is 19.5. The second-order valence-electron chi connectivity index (χ2n) is 7.64. The molecule has 0 unspecified atom stereocenters. The van der Waals surface area contributed by atoms with Gasteiger partial charge in [0.2, 0.25) is 0 Å². The molecular formula is C27H38N2O6. The second-order valence-corrected chi connectivity index (χ2v) is 7.64. The highest BCUT2D eigenvalue weighted by Crippen LogP contribution is 2.11. The van der Waals surface area contributed by atoms with Crippen molar-refractivity contribution in [3.8, 4) is 11.5 Å². The van der Waals surface area contributed by atoms with Crippen LogP contribution in [0.25, 0.3) is 0 Å². The molecule has 0 saturated heterocycles. The number of nitrogens with zero attached hydrogens (tertiary/aromatic N) is 2. The highest BCUT2D eigenvalue weighted by Gasteiger charge is 1.95. The predicted octanol–water partition coefficient (Wildman–Crippen LogP) is 3.17. The van der Waals surface area contributed by atoms with Crippen LogP contribution in [-0.2, 0) is 9.47 Å². The fourth-order valence-electron chi connectivity index (χ4n) is 2.95. The molecule has 0 fully saturated rings. The van der Waals surface area contributed by atoms with Crippen molar-refractivity contribution in [3.63, 3.8) is 0 Å². The van der Waals surface area contributed by atoms with Crippen LogP contribution in [0.15, 0.2) is 58.5 Å². The van der Waals surface area contributed by atoms with Crippen LogP contribution in [0.5, 0.6) is 11.5 Å². The number of aliphatic imine (C=N–C) groups is 2. The van der Waals surface area contributed by atoms with E-state index in [9.17, 15) is 0 Å². The molecule has 0 aliphatic heterocycles. The van der Waals surface area contributed by atoms with Crippen molar-refractivity contribution in [1.82, 2.24) is 0 Å². The van der Waals surface area contributed by atoms with Crippen LogP contribution in [0.4, 0.5) is 0 Å². The minimum Gasteiger partial charge on any atom is -0.491 e. The molecule has 0 saturated carbocycles. The zero-order valence-electron chi connectivity index (χ0n) is 20.4. The Bertz CT molecular complexity index is 755. The summed E-state index contributed by atoms with van der Waals surface area (Å²) in [6, 6.07) is 15.2. The molecule has 0 aliphatic rings. The van der Waals surface area contributed by atoms with Gasteiger partial charge in [0.05, 0.1) is 13.2 Å². The van der Waals surface area contributed by atoms with Crippen LogP contribution in [0.3, 0.4) is 0 Å². The Labute approximate surface area is 208 Å². The summed E-state index contributed by atoms with van der Waals surface area (Å²) >= 11 is 0. The van der Waals surface area contributed by atoms with Gasteiger partial charge >= 0.3 is 0 Å². The van der Waals surface area contributed by atoms with E-state index in [1.807, 2.05) is 61.0 Å². The van der Waals surface area contributed by atoms with Gasteiger partial charge in [0.1, 0.15) is 24.7 Å². The lowest BCUT2D eigenvalue weighted by molar-refractivity contribution is 0.0821. The minimum absolute atomic E-state index is 0.0100. The zero-order chi connectivity index (χ0) is 24.8. The van der Waals surface area contributed by atoms with Gasteiger partial charge in [-0.3, -0.25) is 9.98 Å². The maximum absolute atomic E-state index is 8.76. The number of hydrogen-bond acceptors (Lipinski definition) is 8. The lowest BCUT2D eigenvalue weighted by Gasteiger charge is -2.05. The molecule has 2 aromatic rings. The van der Waals surface area contributed by atoms with Gasteiger partial charge in [-0.1, -0.05) is 0 Å². The average molecular weight is 487 g/mol. The summed E-state index contributed by atoms with van der Waals surface area (Å²) in [6.45, 7) is 4.83. The number of aliphatic hydroxyl groups is 2. The summed E-state index contributed by atoms with van der Waals surface area (Å²) in [7, 11) is 0. The van der Waals surface area contributed by atoms with Gasteiger partial charge in [-0.15, -0.1) is 0 Å². The molecule has 0 atom stereocenters. The standard InChI is InChI=1S/C27H38N2O6/c30-14-20-34-26-8-4-24(5-9-26)22-28-12-1-16-32-18-3-19-33-17-2-13-29-23-25-6-10-27(11-7-25)35-21-15-31/h4-11,22-23,30-31H,1-3,12-21H2/b28-22+,29-23+. The topological polar surface area (TPSA) is 102 Å². The Kier molecular flexibility index (Phi) is 15.9. The van der Waals surface area contributed by atoms with E-state index in [-0.39, 0.29) is 13.2 Å². The minimum atomic E-state index is 0.0100. The maximum Gasteiger partial charge on any atom is 0.119 e. The molecule has 0 heterocycles. The number of benzene rings is 2. The van der Waals surface area contributed by atoms with Crippen molar-refractivity contribution in [2.24, 2.45) is 9.98 Å². The fraction of sp³-hybridized carbons (Fsp3) is 0.481. The molecular weight excluding hydrogens is 448 g/mol. The predicted molar refractivity (Wildman–Crippen MR) is 138 cm³/mol. The molecule has 192 valence electrons. The van der Waals surface area contributed by atoms with Crippen LogP contribution < -0.4 is 9.47 Å². The van der Waals surface area contributed by atoms with Gasteiger partial charge in [0.25, 0.3) is 0 Å². The lowest BCUT2D eigenvalue weighted by atomic mass is 10.2. The lowest BCUT2D eigenvalue weighted by Crippen LogP contribution is -2.04. The summed E-state index contributed by atoms with van der Waals surface area (Å²) in [6.07, 6.45) is 6.33. The maximum atomic E-state index is 8.76. The summed E-state index contributed by atoms with van der Waals surface area (Å²) in [4.78, 5) is 8.83. The van der Waals surface area contributed by atoms with Crippen LogP contribution >= 0.6 is 0 Å². The molecule has 2 rings (SSSR count). The molecule has 0 aromatic heterocycles. The molecule has 0 aliphatic carbocycles. The molecule has 0 bridgehead atoms. The number of ether oxygens (including phenoxy) is 4. The van der Waals surface area contributed by atoms with E-state index in [2.05, 4.69) is 9.98 Å². The Morgan fingerprint density at radius 1 is 0.543 bits per heavy atom. The van der Waals surface area contributed by atoms with Gasteiger partial charge in [-0.2, -0.15) is 0 Å². The van der Waals surface area contributed by atoms with Crippen LogP contribution in [0.1, 0.15) is 30.4 Å². The molecule has 8 nitrogen and oxygen atoms in total. The molecule has 8 heteroatoms. The van der Waals surface area contributed by atoms with Crippen molar-refractivity contribution in [3.05, 3.63) is 59.7 Å². The fourth-order valence-corrected chi connectivity index (χ4v) is 2.95. The highest BCUT2D eigenvalue weighted by molar-refractivity contribution is 5.80. The largest absolute Gasteiger partial charge is 0.491 e. The Hall–Kier alpha value is -2.78. The van der Waals surface area contributed by atoms with Crippen molar-refractivity contribution in [1.29, 1.82) is 0 Å². The van der Waals surface area contributed by atoms with E-state index in [1.54, 1.807) is 0 Å². The summed E-state index contributed by atoms with van der Waals surface area (Å²) in [5.74, 6) is 1.48. The van der Waals surface area contributed by atoms with E-state index in [0.29, 0.717) is 39.6 Å². The molecule has 0 spiro atoms. The number of hydrogen-bond donors (Lipinski definition) is 2. The molecule has 0 amide bonds. The normalized spacial score (nSPS) is 11.5. The molecule has 2 N–H and O–H groups in total. The Morgan fingerprint density at radius 3 is 1.34 bits per heavy atom. The summed E-state index contributed by atoms with van der Waals surface area (Å²) < 4.78 is 21.9. The average Bonchev–Trinajstić information content (AvgIpc) is 2.89. The van der Waals surface area contributed by atoms with Gasteiger partial charge in [-0.05, 0) is 78.9 Å². The van der Waals surface area contributed by atoms with E-state index in [4.69, 9.17) is 29.2 Å². The molecule has 0 radical (unpaired) electrons. The Balaban J connectivity index is 1.38. The van der Waals surface area contributed by atoms with Crippen LogP contribution in [0.2, 0.25) is 0 Å². The van der Waals surface area contributed by atoms with Gasteiger partial charge < -0.3 is 29.2 Å². The van der Waals surface area contributed by atoms with Gasteiger partial charge in [-0.25, -0.2) is 0 Å². The van der Waals surface area contributed by atoms with Gasteiger partial charge in [0.15, 0.2) is 0 Å². The molecule has 2 aromatic carbocycles. The SMILES string of the molecule is OCCOc1ccc(/C=N/CCCOCCCOCCC/N=C/c2ccc(OCCO)cc2)cc1. The third kappa shape index (κ3) is 14.3. The highest BCUT2D eigenvalue weighted by atomic mass is 16.5. The van der Waals surface area contributed by atoms with Crippen molar-refractivity contribution < 1.29 is 29.2 Å². The quantitative estimate of drug-likeness (QED) is 0.220. The summed E-state index contributed by atoms with van der Waals surface area (Å²) in [5, 5.41) is 17.5. The van der Waals surface area contributed by atoms with E-state index >= 15 is 0 Å². The third-order valence-corrected chi connectivity index (χ3v) is 4.69. The van der Waals surface area contributed by atoms with Crippen molar-refractivity contribution in [2.75, 3.05) is 65.9 Å².